The number of piperazine rings is 1. The van der Waals surface area contributed by atoms with Crippen molar-refractivity contribution in [3.8, 4) is 5.75 Å². The lowest BCUT2D eigenvalue weighted by Gasteiger charge is -2.43. The highest BCUT2D eigenvalue weighted by atomic mass is 16.8. The van der Waals surface area contributed by atoms with E-state index < -0.39 is 30.6 Å². The molecule has 6 rings (SSSR count). The number of phenols is 1. The highest BCUT2D eigenvalue weighted by Crippen LogP contribution is 2.27. The van der Waals surface area contributed by atoms with Gasteiger partial charge in [0.05, 0.1) is 13.0 Å². The lowest BCUT2D eigenvalue weighted by Crippen LogP contribution is -2.56. The second kappa shape index (κ2) is 20.2. The molecule has 2 N–H and O–H groups in total. The Kier molecular flexibility index (Phi) is 14.9. The number of carbonyl (C=O) groups excluding carboxylic acids is 5. The molecular weight excluding hydrogens is 761 g/mol. The SMILES string of the molecule is CCOC(=O)OC(C)OC(=O)CCN1CCC(N2CCN(C(=O)[C@@H](Cc3cc(C)c(O)c(C)c3)OC(=O)N3CCC(N4CCc5ccccc5NC4=O)CC3)CC2)CC1. The number of ether oxygens (including phenoxy) is 4. The number of benzene rings is 2. The number of urea groups is 1. The Bertz CT molecular complexity index is 1780. The molecule has 322 valence electrons. The van der Waals surface area contributed by atoms with Crippen molar-refractivity contribution in [1.82, 2.24) is 24.5 Å². The monoisotopic (exact) mass is 820 g/mol. The van der Waals surface area contributed by atoms with E-state index in [2.05, 4.69) is 15.1 Å². The van der Waals surface area contributed by atoms with E-state index >= 15 is 0 Å². The van der Waals surface area contributed by atoms with Crippen LogP contribution >= 0.6 is 0 Å². The molecule has 4 heterocycles. The molecule has 2 aromatic carbocycles. The summed E-state index contributed by atoms with van der Waals surface area (Å²) in [6.45, 7) is 12.9. The Morgan fingerprint density at radius 3 is 2.17 bits per heavy atom. The van der Waals surface area contributed by atoms with Gasteiger partial charge in [-0.2, -0.15) is 0 Å². The van der Waals surface area contributed by atoms with Crippen LogP contribution in [0.1, 0.15) is 68.2 Å². The molecule has 3 fully saturated rings. The number of hydrogen-bond donors (Lipinski definition) is 2. The Morgan fingerprint density at radius 2 is 1.49 bits per heavy atom. The number of hydrogen-bond acceptors (Lipinski definition) is 12. The molecule has 0 aliphatic carbocycles. The number of esters is 1. The first-order valence-electron chi connectivity index (χ1n) is 21.1. The average Bonchev–Trinajstić information content (AvgIpc) is 3.39. The van der Waals surface area contributed by atoms with Gasteiger partial charge in [0.1, 0.15) is 5.75 Å². The van der Waals surface area contributed by atoms with Gasteiger partial charge in [0.25, 0.3) is 5.91 Å². The van der Waals surface area contributed by atoms with Gasteiger partial charge < -0.3 is 49.0 Å². The Labute approximate surface area is 346 Å². The number of nitrogens with one attached hydrogen (secondary N) is 1. The highest BCUT2D eigenvalue weighted by Gasteiger charge is 2.36. The minimum absolute atomic E-state index is 0.0179. The molecule has 1 unspecified atom stereocenters. The van der Waals surface area contributed by atoms with Crippen molar-refractivity contribution >= 4 is 35.8 Å². The molecule has 16 heteroatoms. The Hall–Kier alpha value is -5.09. The van der Waals surface area contributed by atoms with Crippen molar-refractivity contribution < 1.29 is 48.0 Å². The van der Waals surface area contributed by atoms with Crippen LogP contribution in [-0.2, 0) is 41.4 Å². The van der Waals surface area contributed by atoms with Crippen LogP contribution in [0.5, 0.6) is 5.75 Å². The summed E-state index contributed by atoms with van der Waals surface area (Å²) in [5, 5.41) is 13.5. The van der Waals surface area contributed by atoms with E-state index in [1.54, 1.807) is 16.7 Å². The number of aryl methyl sites for hydroxylation is 2. The van der Waals surface area contributed by atoms with Gasteiger partial charge in [-0.15, -0.1) is 0 Å². The smallest absolute Gasteiger partial charge is 0.507 e. The quantitative estimate of drug-likeness (QED) is 0.173. The van der Waals surface area contributed by atoms with E-state index in [0.717, 1.165) is 49.2 Å². The predicted molar refractivity (Wildman–Crippen MR) is 218 cm³/mol. The summed E-state index contributed by atoms with van der Waals surface area (Å²) in [6, 6.07) is 11.7. The van der Waals surface area contributed by atoms with Crippen molar-refractivity contribution in [2.75, 3.05) is 77.4 Å². The summed E-state index contributed by atoms with van der Waals surface area (Å²) in [4.78, 5) is 74.8. The topological polar surface area (TPSA) is 171 Å². The zero-order chi connectivity index (χ0) is 42.1. The first-order chi connectivity index (χ1) is 28.4. The number of rotatable bonds is 12. The fraction of sp³-hybridized carbons (Fsp3) is 0.605. The molecule has 4 amide bonds. The van der Waals surface area contributed by atoms with Crippen molar-refractivity contribution in [3.63, 3.8) is 0 Å². The summed E-state index contributed by atoms with van der Waals surface area (Å²) in [5.74, 6) is -0.476. The standard InChI is InChI=1S/C43H60N6O10/c1-5-56-43(55)58-31(4)57-38(50)15-18-45-16-11-34(12-17-45)46-22-24-47(25-23-46)40(52)37(28-32-26-29(2)39(51)30(3)27-32)59-42(54)48-19-13-35(14-20-48)49-21-10-33-8-6-7-9-36(33)44-41(49)53/h6-9,26-27,31,34-35,37,51H,5,10-25,28H2,1-4H3,(H,44,53)/t31?,37-/m1/s1. The Morgan fingerprint density at radius 1 is 0.831 bits per heavy atom. The maximum absolute atomic E-state index is 14.2. The first kappa shape index (κ1) is 43.5. The lowest BCUT2D eigenvalue weighted by atomic mass is 10.00. The maximum Gasteiger partial charge on any atom is 0.511 e. The van der Waals surface area contributed by atoms with E-state index in [1.807, 2.05) is 55.1 Å². The zero-order valence-electron chi connectivity index (χ0n) is 34.9. The third-order valence-electron chi connectivity index (χ3n) is 11.9. The van der Waals surface area contributed by atoms with Crippen molar-refractivity contribution in [2.24, 2.45) is 0 Å². The van der Waals surface area contributed by atoms with Gasteiger partial charge in [0.15, 0.2) is 6.10 Å². The molecular formula is C43H60N6O10. The molecule has 0 radical (unpaired) electrons. The fourth-order valence-electron chi connectivity index (χ4n) is 8.68. The molecule has 2 atom stereocenters. The van der Waals surface area contributed by atoms with Gasteiger partial charge in [-0.05, 0) is 94.3 Å². The van der Waals surface area contributed by atoms with Crippen molar-refractivity contribution in [2.45, 2.75) is 97.1 Å². The highest BCUT2D eigenvalue weighted by molar-refractivity contribution is 5.91. The summed E-state index contributed by atoms with van der Waals surface area (Å²) >= 11 is 0. The molecule has 16 nitrogen and oxygen atoms in total. The molecule has 0 bridgehead atoms. The van der Waals surface area contributed by atoms with Gasteiger partial charge in [0, 0.05) is 83.5 Å². The zero-order valence-corrected chi connectivity index (χ0v) is 34.9. The number of likely N-dealkylation sites (tertiary alicyclic amines) is 2. The molecule has 4 aliphatic heterocycles. The van der Waals surface area contributed by atoms with Gasteiger partial charge in [-0.25, -0.2) is 14.4 Å². The van der Waals surface area contributed by atoms with E-state index in [4.69, 9.17) is 18.9 Å². The normalized spacial score (nSPS) is 19.5. The number of carbonyl (C=O) groups is 5. The van der Waals surface area contributed by atoms with Crippen LogP contribution in [0.3, 0.4) is 0 Å². The van der Waals surface area contributed by atoms with Crippen LogP contribution in [0.15, 0.2) is 36.4 Å². The average molecular weight is 821 g/mol. The minimum Gasteiger partial charge on any atom is -0.507 e. The number of aromatic hydroxyl groups is 1. The number of nitrogens with zero attached hydrogens (tertiary/aromatic N) is 5. The van der Waals surface area contributed by atoms with Crippen LogP contribution in [0.4, 0.5) is 20.1 Å². The van der Waals surface area contributed by atoms with Crippen LogP contribution < -0.4 is 5.32 Å². The van der Waals surface area contributed by atoms with Gasteiger partial charge >= 0.3 is 24.2 Å². The fourth-order valence-corrected chi connectivity index (χ4v) is 8.68. The van der Waals surface area contributed by atoms with E-state index in [-0.39, 0.29) is 43.2 Å². The second-order valence-corrected chi connectivity index (χ2v) is 15.9. The number of phenolic OH excluding ortho intramolecular Hbond substituents is 1. The van der Waals surface area contributed by atoms with Gasteiger partial charge in [-0.1, -0.05) is 30.3 Å². The molecule has 59 heavy (non-hydrogen) atoms. The maximum atomic E-state index is 14.2. The van der Waals surface area contributed by atoms with Crippen molar-refractivity contribution in [3.05, 3.63) is 58.7 Å². The second-order valence-electron chi connectivity index (χ2n) is 15.9. The number of amides is 4. The number of anilines is 1. The Balaban J connectivity index is 0.986. The number of fused-ring (bicyclic) bond motifs is 1. The van der Waals surface area contributed by atoms with E-state index in [0.29, 0.717) is 82.4 Å². The summed E-state index contributed by atoms with van der Waals surface area (Å²) in [6.07, 6.45) is 0.704. The third-order valence-corrected chi connectivity index (χ3v) is 11.9. The number of piperidine rings is 2. The van der Waals surface area contributed by atoms with Crippen LogP contribution in [0.25, 0.3) is 0 Å². The van der Waals surface area contributed by atoms with Gasteiger partial charge in [0.2, 0.25) is 6.29 Å². The molecule has 0 saturated carbocycles. The summed E-state index contributed by atoms with van der Waals surface area (Å²) < 4.78 is 20.9. The summed E-state index contributed by atoms with van der Waals surface area (Å²) in [7, 11) is 0. The van der Waals surface area contributed by atoms with Crippen LogP contribution in [0, 0.1) is 13.8 Å². The minimum atomic E-state index is -1.04. The predicted octanol–water partition coefficient (Wildman–Crippen LogP) is 4.67. The lowest BCUT2D eigenvalue weighted by molar-refractivity contribution is -0.168. The summed E-state index contributed by atoms with van der Waals surface area (Å²) in [5.41, 5.74) is 4.12. The van der Waals surface area contributed by atoms with Crippen LogP contribution in [0.2, 0.25) is 0 Å². The molecule has 4 aliphatic rings. The van der Waals surface area contributed by atoms with Gasteiger partial charge in [-0.3, -0.25) is 14.5 Å². The van der Waals surface area contributed by atoms with E-state index in [1.165, 1.54) is 6.92 Å². The van der Waals surface area contributed by atoms with E-state index in [9.17, 15) is 29.1 Å². The third kappa shape index (κ3) is 11.6. The molecule has 3 saturated heterocycles. The van der Waals surface area contributed by atoms with Crippen LogP contribution in [-0.4, -0.2) is 156 Å². The number of para-hydroxylation sites is 1. The molecule has 0 spiro atoms. The molecule has 0 aromatic heterocycles. The largest absolute Gasteiger partial charge is 0.511 e. The van der Waals surface area contributed by atoms with Crippen molar-refractivity contribution in [1.29, 1.82) is 0 Å². The first-order valence-corrected chi connectivity index (χ1v) is 21.1. The molecule has 2 aromatic rings.